The van der Waals surface area contributed by atoms with Crippen molar-refractivity contribution in [3.8, 4) is 0 Å². The van der Waals surface area contributed by atoms with E-state index < -0.39 is 11.9 Å². The number of hydrogen-bond donors (Lipinski definition) is 1. The van der Waals surface area contributed by atoms with Gasteiger partial charge in [-0.3, -0.25) is 9.48 Å². The molecule has 3 rings (SSSR count). The highest BCUT2D eigenvalue weighted by molar-refractivity contribution is 6.06. The van der Waals surface area contributed by atoms with Crippen LogP contribution in [0, 0.1) is 0 Å². The molecule has 1 saturated heterocycles. The summed E-state index contributed by atoms with van der Waals surface area (Å²) < 4.78 is 6.41. The lowest BCUT2D eigenvalue weighted by Crippen LogP contribution is -2.30. The van der Waals surface area contributed by atoms with Crippen molar-refractivity contribution >= 4 is 23.5 Å². The number of piperidine rings is 1. The van der Waals surface area contributed by atoms with Crippen molar-refractivity contribution in [2.45, 2.75) is 26.2 Å². The number of esters is 1. The monoisotopic (exact) mass is 358 g/mol. The topological polar surface area (TPSA) is 102 Å². The second-order valence-electron chi connectivity index (χ2n) is 6.01. The molecule has 0 radical (unpaired) electrons. The Bertz CT molecular complexity index is 798. The van der Waals surface area contributed by atoms with Gasteiger partial charge in [0.05, 0.1) is 12.8 Å². The molecule has 9 nitrogen and oxygen atoms in total. The van der Waals surface area contributed by atoms with Crippen LogP contribution in [0.25, 0.3) is 0 Å². The summed E-state index contributed by atoms with van der Waals surface area (Å²) in [6.45, 7) is 3.81. The molecule has 3 heterocycles. The first-order valence-electron chi connectivity index (χ1n) is 8.67. The number of nitrogens with one attached hydrogen (secondary N) is 1. The average Bonchev–Trinajstić information content (AvgIpc) is 3.03. The zero-order valence-electron chi connectivity index (χ0n) is 14.9. The van der Waals surface area contributed by atoms with Crippen molar-refractivity contribution in [1.82, 2.24) is 19.7 Å². The normalized spacial score (nSPS) is 14.2. The Morgan fingerprint density at radius 3 is 2.73 bits per heavy atom. The van der Waals surface area contributed by atoms with Crippen LogP contribution in [0.3, 0.4) is 0 Å². The number of aromatic nitrogens is 4. The maximum atomic E-state index is 12.6. The van der Waals surface area contributed by atoms with E-state index in [9.17, 15) is 9.59 Å². The van der Waals surface area contributed by atoms with E-state index in [2.05, 4.69) is 25.3 Å². The summed E-state index contributed by atoms with van der Waals surface area (Å²) >= 11 is 0. The first-order valence-corrected chi connectivity index (χ1v) is 8.67. The molecular weight excluding hydrogens is 336 g/mol. The molecule has 0 atom stereocenters. The molecule has 2 aromatic rings. The first-order chi connectivity index (χ1) is 12.6. The van der Waals surface area contributed by atoms with Crippen molar-refractivity contribution < 1.29 is 14.3 Å². The molecule has 0 aliphatic carbocycles. The Labute approximate surface area is 151 Å². The van der Waals surface area contributed by atoms with Crippen LogP contribution >= 0.6 is 0 Å². The summed E-state index contributed by atoms with van der Waals surface area (Å²) in [5, 5.41) is 6.71. The molecule has 1 fully saturated rings. The van der Waals surface area contributed by atoms with Crippen LogP contribution in [-0.4, -0.2) is 51.3 Å². The standard InChI is InChI=1S/C17H22N6O3/c1-3-26-17(25)12-10-20-22(2)15(12)21-16(24)13-9-14(19-11-18-13)23-7-5-4-6-8-23/h9-11H,3-8H2,1-2H3,(H,21,24). The molecule has 26 heavy (non-hydrogen) atoms. The highest BCUT2D eigenvalue weighted by Crippen LogP contribution is 2.19. The fraction of sp³-hybridized carbons (Fsp3) is 0.471. The molecule has 1 aliphatic rings. The van der Waals surface area contributed by atoms with Gasteiger partial charge in [-0.25, -0.2) is 14.8 Å². The summed E-state index contributed by atoms with van der Waals surface area (Å²) in [7, 11) is 1.64. The predicted molar refractivity (Wildman–Crippen MR) is 95.2 cm³/mol. The Kier molecular flexibility index (Phi) is 5.45. The predicted octanol–water partition coefficient (Wildman–Crippen LogP) is 1.63. The zero-order chi connectivity index (χ0) is 18.5. The van der Waals surface area contributed by atoms with E-state index in [4.69, 9.17) is 4.74 Å². The van der Waals surface area contributed by atoms with Gasteiger partial charge in [0.25, 0.3) is 5.91 Å². The van der Waals surface area contributed by atoms with Crippen LogP contribution in [0.4, 0.5) is 11.6 Å². The number of anilines is 2. The third-order valence-corrected chi connectivity index (χ3v) is 4.23. The summed E-state index contributed by atoms with van der Waals surface area (Å²) in [6, 6.07) is 1.67. The van der Waals surface area contributed by atoms with Crippen LogP contribution in [0.1, 0.15) is 47.0 Å². The molecule has 1 amide bonds. The van der Waals surface area contributed by atoms with Crippen molar-refractivity contribution in [3.05, 3.63) is 29.8 Å². The fourth-order valence-electron chi connectivity index (χ4n) is 2.88. The van der Waals surface area contributed by atoms with Gasteiger partial charge in [-0.05, 0) is 26.2 Å². The SMILES string of the molecule is CCOC(=O)c1cnn(C)c1NC(=O)c1cc(N2CCCCC2)ncn1. The van der Waals surface area contributed by atoms with E-state index in [0.29, 0.717) is 0 Å². The molecule has 0 spiro atoms. The van der Waals surface area contributed by atoms with Crippen LogP contribution in [0.15, 0.2) is 18.6 Å². The largest absolute Gasteiger partial charge is 0.462 e. The molecule has 0 bridgehead atoms. The first kappa shape index (κ1) is 17.8. The lowest BCUT2D eigenvalue weighted by atomic mass is 10.1. The highest BCUT2D eigenvalue weighted by Gasteiger charge is 2.21. The minimum Gasteiger partial charge on any atom is -0.462 e. The molecule has 1 aliphatic heterocycles. The molecule has 138 valence electrons. The number of ether oxygens (including phenoxy) is 1. The number of nitrogens with zero attached hydrogens (tertiary/aromatic N) is 5. The van der Waals surface area contributed by atoms with Gasteiger partial charge in [-0.15, -0.1) is 0 Å². The molecule has 9 heteroatoms. The number of rotatable bonds is 5. The maximum Gasteiger partial charge on any atom is 0.343 e. The Morgan fingerprint density at radius 2 is 2.00 bits per heavy atom. The summed E-state index contributed by atoms with van der Waals surface area (Å²) in [5.41, 5.74) is 0.435. The second-order valence-corrected chi connectivity index (χ2v) is 6.01. The van der Waals surface area contributed by atoms with Gasteiger partial charge >= 0.3 is 5.97 Å². The van der Waals surface area contributed by atoms with Crippen LogP contribution in [0.2, 0.25) is 0 Å². The van der Waals surface area contributed by atoms with E-state index in [1.165, 1.54) is 23.6 Å². The van der Waals surface area contributed by atoms with Gasteiger partial charge in [-0.2, -0.15) is 5.10 Å². The minimum atomic E-state index is -0.535. The van der Waals surface area contributed by atoms with E-state index in [1.54, 1.807) is 20.0 Å². The summed E-state index contributed by atoms with van der Waals surface area (Å²) in [4.78, 5) is 35.1. The van der Waals surface area contributed by atoms with Crippen molar-refractivity contribution in [2.75, 3.05) is 29.9 Å². The number of carbonyl (C=O) groups excluding carboxylic acids is 2. The molecule has 0 aromatic carbocycles. The van der Waals surface area contributed by atoms with Gasteiger partial charge in [0.2, 0.25) is 0 Å². The smallest absolute Gasteiger partial charge is 0.343 e. The van der Waals surface area contributed by atoms with Gasteiger partial charge in [0.15, 0.2) is 0 Å². The van der Waals surface area contributed by atoms with E-state index >= 15 is 0 Å². The Hall–Kier alpha value is -2.97. The maximum absolute atomic E-state index is 12.6. The van der Waals surface area contributed by atoms with Gasteiger partial charge < -0.3 is 15.0 Å². The fourth-order valence-corrected chi connectivity index (χ4v) is 2.88. The third kappa shape index (κ3) is 3.81. The van der Waals surface area contributed by atoms with Gasteiger partial charge in [0, 0.05) is 26.2 Å². The molecule has 0 unspecified atom stereocenters. The number of amides is 1. The van der Waals surface area contributed by atoms with Gasteiger partial charge in [-0.1, -0.05) is 0 Å². The average molecular weight is 358 g/mol. The third-order valence-electron chi connectivity index (χ3n) is 4.23. The number of hydrogen-bond acceptors (Lipinski definition) is 7. The van der Waals surface area contributed by atoms with Crippen molar-refractivity contribution in [3.63, 3.8) is 0 Å². The molecule has 1 N–H and O–H groups in total. The number of aryl methyl sites for hydroxylation is 1. The molecule has 0 saturated carbocycles. The lowest BCUT2D eigenvalue weighted by Gasteiger charge is -2.27. The quantitative estimate of drug-likeness (QED) is 0.810. The van der Waals surface area contributed by atoms with Crippen molar-refractivity contribution in [1.29, 1.82) is 0 Å². The Morgan fingerprint density at radius 1 is 1.23 bits per heavy atom. The summed E-state index contributed by atoms with van der Waals surface area (Å²) in [5.74, 6) is 0.0412. The number of carbonyl (C=O) groups is 2. The van der Waals surface area contributed by atoms with Crippen molar-refractivity contribution in [2.24, 2.45) is 7.05 Å². The second kappa shape index (κ2) is 7.94. The van der Waals surface area contributed by atoms with Crippen LogP contribution < -0.4 is 10.2 Å². The molecule has 2 aromatic heterocycles. The highest BCUT2D eigenvalue weighted by atomic mass is 16.5. The van der Waals surface area contributed by atoms with Crippen LogP contribution in [0.5, 0.6) is 0 Å². The summed E-state index contributed by atoms with van der Waals surface area (Å²) in [6.07, 6.45) is 6.19. The van der Waals surface area contributed by atoms with Gasteiger partial charge in [0.1, 0.15) is 29.2 Å². The van der Waals surface area contributed by atoms with Crippen LogP contribution in [-0.2, 0) is 11.8 Å². The van der Waals surface area contributed by atoms with E-state index in [1.807, 2.05) is 0 Å². The molecular formula is C17H22N6O3. The zero-order valence-corrected chi connectivity index (χ0v) is 14.9. The van der Waals surface area contributed by atoms with E-state index in [0.717, 1.165) is 31.7 Å². The minimum absolute atomic E-state index is 0.202. The Balaban J connectivity index is 1.78. The van der Waals surface area contributed by atoms with E-state index in [-0.39, 0.29) is 23.7 Å². The lowest BCUT2D eigenvalue weighted by molar-refractivity contribution is 0.0527.